The number of rotatable bonds is 8. The number of benzene rings is 1. The van der Waals surface area contributed by atoms with Crippen molar-refractivity contribution in [1.82, 2.24) is 21.3 Å². The van der Waals surface area contributed by atoms with Gasteiger partial charge in [-0.05, 0) is 37.0 Å². The smallest absolute Gasteiger partial charge is 0.251 e. The number of carbonyl (C=O) groups is 2. The van der Waals surface area contributed by atoms with Crippen LogP contribution in [0.1, 0.15) is 48.0 Å². The normalized spacial score (nSPS) is 14.1. The van der Waals surface area contributed by atoms with Crippen LogP contribution in [0.5, 0.6) is 0 Å². The molecule has 1 aliphatic carbocycles. The summed E-state index contributed by atoms with van der Waals surface area (Å²) in [5.41, 5.74) is 1.74. The van der Waals surface area contributed by atoms with E-state index in [1.54, 1.807) is 20.2 Å². The lowest BCUT2D eigenvalue weighted by molar-refractivity contribution is -0.121. The third kappa shape index (κ3) is 8.45. The lowest BCUT2D eigenvalue weighted by Gasteiger charge is -2.14. The van der Waals surface area contributed by atoms with Crippen LogP contribution in [0.4, 0.5) is 0 Å². The summed E-state index contributed by atoms with van der Waals surface area (Å²) in [5, 5.41) is 12.1. The molecule has 0 radical (unpaired) electrons. The van der Waals surface area contributed by atoms with Gasteiger partial charge in [0.05, 0.1) is 0 Å². The molecular weight excluding hydrogens is 469 g/mol. The molecule has 156 valence electrons. The lowest BCUT2D eigenvalue weighted by atomic mass is 10.1. The van der Waals surface area contributed by atoms with Crippen LogP contribution in [0.3, 0.4) is 0 Å². The summed E-state index contributed by atoms with van der Waals surface area (Å²) in [6.45, 7) is 1.23. The Balaban J connectivity index is 0.00000392. The molecule has 1 fully saturated rings. The second kappa shape index (κ2) is 13.4. The highest BCUT2D eigenvalue weighted by Crippen LogP contribution is 2.17. The van der Waals surface area contributed by atoms with Crippen LogP contribution in [0.2, 0.25) is 0 Å². The van der Waals surface area contributed by atoms with Crippen LogP contribution < -0.4 is 21.3 Å². The number of guanidine groups is 1. The minimum absolute atomic E-state index is 0. The summed E-state index contributed by atoms with van der Waals surface area (Å²) in [7, 11) is 3.33. The van der Waals surface area contributed by atoms with Gasteiger partial charge in [-0.25, -0.2) is 0 Å². The van der Waals surface area contributed by atoms with Gasteiger partial charge in [-0.15, -0.1) is 24.0 Å². The van der Waals surface area contributed by atoms with Gasteiger partial charge in [-0.3, -0.25) is 14.6 Å². The summed E-state index contributed by atoms with van der Waals surface area (Å²) >= 11 is 0. The van der Waals surface area contributed by atoms with Crippen molar-refractivity contribution in [3.8, 4) is 0 Å². The van der Waals surface area contributed by atoms with E-state index >= 15 is 0 Å². The standard InChI is InChI=1S/C20H31N5O2.HI/c1-21-19(27)16-7-5-6-15(14-16)10-12-23-20(22-2)24-13-11-18(26)25-17-8-3-4-9-17;/h5-7,14,17H,3-4,8-13H2,1-2H3,(H,21,27)(H,25,26)(H2,22,23,24);1H. The average Bonchev–Trinajstić information content (AvgIpc) is 3.19. The third-order valence-electron chi connectivity index (χ3n) is 4.71. The van der Waals surface area contributed by atoms with E-state index in [0.29, 0.717) is 37.1 Å². The van der Waals surface area contributed by atoms with Crippen LogP contribution in [0.15, 0.2) is 29.3 Å². The Kier molecular flexibility index (Phi) is 11.5. The number of nitrogens with zero attached hydrogens (tertiary/aromatic N) is 1. The van der Waals surface area contributed by atoms with Crippen molar-refractivity contribution >= 4 is 41.8 Å². The molecule has 0 saturated heterocycles. The molecule has 28 heavy (non-hydrogen) atoms. The molecule has 1 aliphatic rings. The fourth-order valence-corrected chi connectivity index (χ4v) is 3.22. The number of hydrogen-bond acceptors (Lipinski definition) is 3. The second-order valence-electron chi connectivity index (χ2n) is 6.75. The molecule has 7 nitrogen and oxygen atoms in total. The molecule has 0 aromatic heterocycles. The molecule has 0 bridgehead atoms. The number of amides is 2. The fourth-order valence-electron chi connectivity index (χ4n) is 3.22. The minimum atomic E-state index is -0.0850. The zero-order chi connectivity index (χ0) is 19.5. The number of hydrogen-bond donors (Lipinski definition) is 4. The monoisotopic (exact) mass is 501 g/mol. The van der Waals surface area contributed by atoms with Crippen molar-refractivity contribution in [2.24, 2.45) is 4.99 Å². The van der Waals surface area contributed by atoms with E-state index in [-0.39, 0.29) is 35.8 Å². The topological polar surface area (TPSA) is 94.6 Å². The first-order valence-corrected chi connectivity index (χ1v) is 9.67. The van der Waals surface area contributed by atoms with Gasteiger partial charge in [0.2, 0.25) is 5.91 Å². The minimum Gasteiger partial charge on any atom is -0.356 e. The first-order valence-electron chi connectivity index (χ1n) is 9.67. The van der Waals surface area contributed by atoms with Gasteiger partial charge in [0.15, 0.2) is 5.96 Å². The highest BCUT2D eigenvalue weighted by Gasteiger charge is 2.16. The van der Waals surface area contributed by atoms with E-state index in [1.807, 2.05) is 18.2 Å². The van der Waals surface area contributed by atoms with Gasteiger partial charge in [0.1, 0.15) is 0 Å². The molecule has 1 aromatic carbocycles. The van der Waals surface area contributed by atoms with E-state index in [9.17, 15) is 9.59 Å². The zero-order valence-corrected chi connectivity index (χ0v) is 19.0. The Morgan fingerprint density at radius 1 is 1.14 bits per heavy atom. The number of aliphatic imine (C=N–C) groups is 1. The quantitative estimate of drug-likeness (QED) is 0.249. The largest absolute Gasteiger partial charge is 0.356 e. The van der Waals surface area contributed by atoms with Crippen LogP contribution in [0, 0.1) is 0 Å². The SMILES string of the molecule is CN=C(NCCC(=O)NC1CCCC1)NCCc1cccc(C(=O)NC)c1.I. The number of halogens is 1. The van der Waals surface area contributed by atoms with E-state index in [0.717, 1.165) is 24.8 Å². The van der Waals surface area contributed by atoms with Crippen LogP contribution in [-0.2, 0) is 11.2 Å². The van der Waals surface area contributed by atoms with E-state index in [4.69, 9.17) is 0 Å². The van der Waals surface area contributed by atoms with Crippen LogP contribution >= 0.6 is 24.0 Å². The van der Waals surface area contributed by atoms with E-state index in [2.05, 4.69) is 26.3 Å². The third-order valence-corrected chi connectivity index (χ3v) is 4.71. The van der Waals surface area contributed by atoms with Gasteiger partial charge in [-0.1, -0.05) is 25.0 Å². The van der Waals surface area contributed by atoms with Crippen molar-refractivity contribution in [1.29, 1.82) is 0 Å². The highest BCUT2D eigenvalue weighted by atomic mass is 127. The van der Waals surface area contributed by atoms with Crippen LogP contribution in [0.25, 0.3) is 0 Å². The maximum atomic E-state index is 11.9. The summed E-state index contributed by atoms with van der Waals surface area (Å²) in [6, 6.07) is 7.94. The maximum absolute atomic E-state index is 11.9. The van der Waals surface area contributed by atoms with E-state index in [1.165, 1.54) is 12.8 Å². The Bertz CT molecular complexity index is 660. The summed E-state index contributed by atoms with van der Waals surface area (Å²) in [5.74, 6) is 0.681. The van der Waals surface area contributed by atoms with Gasteiger partial charge in [0, 0.05) is 45.2 Å². The molecule has 0 unspecified atom stereocenters. The molecule has 0 spiro atoms. The Morgan fingerprint density at radius 2 is 1.86 bits per heavy atom. The molecule has 0 aliphatic heterocycles. The van der Waals surface area contributed by atoms with Crippen molar-refractivity contribution < 1.29 is 9.59 Å². The number of nitrogens with one attached hydrogen (secondary N) is 4. The Labute approximate surface area is 184 Å². The summed E-state index contributed by atoms with van der Waals surface area (Å²) < 4.78 is 0. The van der Waals surface area contributed by atoms with Gasteiger partial charge in [-0.2, -0.15) is 0 Å². The summed E-state index contributed by atoms with van der Waals surface area (Å²) in [6.07, 6.45) is 5.84. The predicted octanol–water partition coefficient (Wildman–Crippen LogP) is 1.82. The zero-order valence-electron chi connectivity index (χ0n) is 16.7. The molecular formula is C20H32IN5O2. The van der Waals surface area contributed by atoms with Crippen molar-refractivity contribution in [2.45, 2.75) is 44.6 Å². The molecule has 0 atom stereocenters. The Hall–Kier alpha value is -1.84. The fraction of sp³-hybridized carbons (Fsp3) is 0.550. The van der Waals surface area contributed by atoms with E-state index < -0.39 is 0 Å². The first kappa shape index (κ1) is 24.2. The molecule has 1 saturated carbocycles. The summed E-state index contributed by atoms with van der Waals surface area (Å²) in [4.78, 5) is 27.8. The van der Waals surface area contributed by atoms with Gasteiger partial charge in [0.25, 0.3) is 5.91 Å². The Morgan fingerprint density at radius 3 is 2.54 bits per heavy atom. The molecule has 1 aromatic rings. The number of carbonyl (C=O) groups excluding carboxylic acids is 2. The van der Waals surface area contributed by atoms with Crippen molar-refractivity contribution in [3.63, 3.8) is 0 Å². The van der Waals surface area contributed by atoms with Crippen molar-refractivity contribution in [2.75, 3.05) is 27.2 Å². The molecule has 8 heteroatoms. The average molecular weight is 501 g/mol. The molecule has 2 rings (SSSR count). The molecule has 0 heterocycles. The van der Waals surface area contributed by atoms with Crippen LogP contribution in [-0.4, -0.2) is 51.0 Å². The maximum Gasteiger partial charge on any atom is 0.251 e. The molecule has 2 amide bonds. The lowest BCUT2D eigenvalue weighted by Crippen LogP contribution is -2.41. The second-order valence-corrected chi connectivity index (χ2v) is 6.75. The van der Waals surface area contributed by atoms with Gasteiger partial charge >= 0.3 is 0 Å². The highest BCUT2D eigenvalue weighted by molar-refractivity contribution is 14.0. The predicted molar refractivity (Wildman–Crippen MR) is 123 cm³/mol. The first-order chi connectivity index (χ1) is 13.1. The molecule has 4 N–H and O–H groups in total. The van der Waals surface area contributed by atoms with Gasteiger partial charge < -0.3 is 21.3 Å². The van der Waals surface area contributed by atoms with Crippen molar-refractivity contribution in [3.05, 3.63) is 35.4 Å².